The number of fused-ring (bicyclic) bond motifs is 3. The molecule has 0 radical (unpaired) electrons. The van der Waals surface area contributed by atoms with Crippen LogP contribution < -0.4 is 5.32 Å². The Kier molecular flexibility index (Phi) is 6.76. The Balaban J connectivity index is 1.49. The van der Waals surface area contributed by atoms with Gasteiger partial charge >= 0.3 is 0 Å². The van der Waals surface area contributed by atoms with E-state index in [2.05, 4.69) is 50.8 Å². The van der Waals surface area contributed by atoms with Crippen LogP contribution in [0.4, 0.5) is 0 Å². The van der Waals surface area contributed by atoms with Crippen LogP contribution in [0.5, 0.6) is 0 Å². The number of piperazine rings is 1. The monoisotopic (exact) mass is 511 g/mol. The highest BCUT2D eigenvalue weighted by Crippen LogP contribution is 2.39. The first-order chi connectivity index (χ1) is 16.8. The van der Waals surface area contributed by atoms with Gasteiger partial charge in [0.25, 0.3) is 0 Å². The molecular weight excluding hydrogens is 482 g/mol. The van der Waals surface area contributed by atoms with E-state index >= 15 is 0 Å². The molecule has 1 saturated heterocycles. The van der Waals surface area contributed by atoms with Crippen molar-refractivity contribution >= 4 is 34.6 Å². The number of amides is 1. The van der Waals surface area contributed by atoms with E-state index in [0.29, 0.717) is 17.5 Å². The highest BCUT2D eigenvalue weighted by atomic mass is 35.5. The number of aliphatic imine (C=N–C) groups is 1. The molecule has 2 aliphatic rings. The zero-order valence-electron chi connectivity index (χ0n) is 20.5. The number of carbonyl (C=O) groups is 1. The molecule has 10 heteroatoms. The van der Waals surface area contributed by atoms with Crippen molar-refractivity contribution in [3.05, 3.63) is 62.5 Å². The van der Waals surface area contributed by atoms with Gasteiger partial charge in [0.1, 0.15) is 16.9 Å². The van der Waals surface area contributed by atoms with Gasteiger partial charge in [0.05, 0.1) is 18.8 Å². The van der Waals surface area contributed by atoms with Gasteiger partial charge in [0, 0.05) is 47.2 Å². The number of hydrogen-bond acceptors (Lipinski definition) is 7. The molecule has 1 atom stereocenters. The lowest BCUT2D eigenvalue weighted by Crippen LogP contribution is -2.48. The Labute approximate surface area is 214 Å². The second kappa shape index (κ2) is 9.81. The molecule has 2 aliphatic heterocycles. The third kappa shape index (κ3) is 4.78. The zero-order valence-corrected chi connectivity index (χ0v) is 22.1. The maximum absolute atomic E-state index is 13.1. The first kappa shape index (κ1) is 24.1. The molecule has 35 heavy (non-hydrogen) atoms. The number of likely N-dealkylation sites (N-methyl/N-ethyl adjacent to an activating group) is 1. The third-order valence-corrected chi connectivity index (χ3v) is 8.28. The van der Waals surface area contributed by atoms with Crippen LogP contribution in [0.15, 0.2) is 29.3 Å². The Morgan fingerprint density at radius 2 is 1.83 bits per heavy atom. The van der Waals surface area contributed by atoms with Gasteiger partial charge in [-0.15, -0.1) is 21.5 Å². The summed E-state index contributed by atoms with van der Waals surface area (Å²) in [5.41, 5.74) is 4.08. The van der Waals surface area contributed by atoms with Crippen molar-refractivity contribution in [2.75, 3.05) is 39.9 Å². The molecule has 184 valence electrons. The number of nitrogens with one attached hydrogen (secondary N) is 1. The van der Waals surface area contributed by atoms with E-state index in [4.69, 9.17) is 16.6 Å². The number of aryl methyl sites for hydroxylation is 2. The second-order valence-corrected chi connectivity index (χ2v) is 10.9. The molecule has 0 saturated carbocycles. The molecule has 5 rings (SSSR count). The van der Waals surface area contributed by atoms with Crippen molar-refractivity contribution < 1.29 is 4.79 Å². The van der Waals surface area contributed by atoms with Crippen molar-refractivity contribution in [3.8, 4) is 5.00 Å². The molecule has 1 unspecified atom stereocenters. The van der Waals surface area contributed by atoms with Gasteiger partial charge in [-0.2, -0.15) is 0 Å². The average Bonchev–Trinajstić information content (AvgIpc) is 3.31. The maximum Gasteiger partial charge on any atom is 0.223 e. The van der Waals surface area contributed by atoms with Crippen LogP contribution in [0.25, 0.3) is 5.00 Å². The number of hydrogen-bond donors (Lipinski definition) is 1. The van der Waals surface area contributed by atoms with E-state index < -0.39 is 6.04 Å². The summed E-state index contributed by atoms with van der Waals surface area (Å²) >= 11 is 7.89. The Hall–Kier alpha value is -2.59. The van der Waals surface area contributed by atoms with Gasteiger partial charge < -0.3 is 10.2 Å². The van der Waals surface area contributed by atoms with E-state index in [0.717, 1.165) is 53.8 Å². The Morgan fingerprint density at radius 1 is 1.11 bits per heavy atom. The van der Waals surface area contributed by atoms with Crippen molar-refractivity contribution in [1.82, 2.24) is 29.9 Å². The summed E-state index contributed by atoms with van der Waals surface area (Å²) in [6.07, 6.45) is 0.204. The molecule has 8 nitrogen and oxygen atoms in total. The summed E-state index contributed by atoms with van der Waals surface area (Å²) in [6, 6.07) is 7.28. The highest BCUT2D eigenvalue weighted by molar-refractivity contribution is 7.15. The van der Waals surface area contributed by atoms with Crippen molar-refractivity contribution in [1.29, 1.82) is 0 Å². The average molecular weight is 512 g/mol. The normalized spacial score (nSPS) is 18.5. The molecule has 0 spiro atoms. The van der Waals surface area contributed by atoms with E-state index in [-0.39, 0.29) is 12.3 Å². The van der Waals surface area contributed by atoms with E-state index in [1.165, 1.54) is 10.4 Å². The van der Waals surface area contributed by atoms with Crippen molar-refractivity contribution in [3.63, 3.8) is 0 Å². The van der Waals surface area contributed by atoms with Crippen LogP contribution in [0.1, 0.15) is 45.7 Å². The lowest BCUT2D eigenvalue weighted by atomic mass is 9.99. The fourth-order valence-electron chi connectivity index (χ4n) is 4.59. The number of carbonyl (C=O) groups excluding carboxylic acids is 1. The molecule has 1 N–H and O–H groups in total. The first-order valence-electron chi connectivity index (χ1n) is 11.9. The molecule has 1 fully saturated rings. The molecule has 1 aromatic carbocycles. The smallest absolute Gasteiger partial charge is 0.223 e. The predicted octanol–water partition coefficient (Wildman–Crippen LogP) is 3.51. The minimum absolute atomic E-state index is 0.0431. The summed E-state index contributed by atoms with van der Waals surface area (Å²) in [7, 11) is 2.12. The van der Waals surface area contributed by atoms with Crippen LogP contribution in [0.3, 0.4) is 0 Å². The molecule has 3 aromatic rings. The maximum atomic E-state index is 13.1. The minimum Gasteiger partial charge on any atom is -0.343 e. The van der Waals surface area contributed by atoms with Crippen LogP contribution in [-0.2, 0) is 4.79 Å². The largest absolute Gasteiger partial charge is 0.343 e. The first-order valence-corrected chi connectivity index (χ1v) is 13.0. The topological polar surface area (TPSA) is 78.7 Å². The van der Waals surface area contributed by atoms with Gasteiger partial charge in [0.15, 0.2) is 5.82 Å². The zero-order chi connectivity index (χ0) is 24.7. The third-order valence-electron chi connectivity index (χ3n) is 6.83. The summed E-state index contributed by atoms with van der Waals surface area (Å²) in [6.45, 7) is 10.7. The van der Waals surface area contributed by atoms with E-state index in [1.807, 2.05) is 31.2 Å². The summed E-state index contributed by atoms with van der Waals surface area (Å²) in [5, 5.41) is 13.7. The van der Waals surface area contributed by atoms with Gasteiger partial charge in [-0.25, -0.2) is 0 Å². The fourth-order valence-corrected chi connectivity index (χ4v) is 5.93. The summed E-state index contributed by atoms with van der Waals surface area (Å²) < 4.78 is 2.07. The van der Waals surface area contributed by atoms with E-state index in [1.54, 1.807) is 11.3 Å². The molecule has 0 bridgehead atoms. The number of benzene rings is 1. The number of rotatable bonds is 5. The van der Waals surface area contributed by atoms with Crippen LogP contribution in [-0.4, -0.2) is 76.1 Å². The number of nitrogens with zero attached hydrogens (tertiary/aromatic N) is 6. The quantitative estimate of drug-likeness (QED) is 0.567. The standard InChI is InChI=1S/C25H30ClN7OS/c1-15-16(2)35-25-22(15)23(18-5-7-19(26)8-6-18)28-20(24-30-29-17(3)33(24)25)13-21(34)27-14-32-11-9-31(4)10-12-32/h5-8,20H,9-14H2,1-4H3,(H,27,34). The Morgan fingerprint density at radius 3 is 2.54 bits per heavy atom. The molecule has 4 heterocycles. The van der Waals surface area contributed by atoms with Crippen LogP contribution >= 0.6 is 22.9 Å². The predicted molar refractivity (Wildman–Crippen MR) is 140 cm³/mol. The molecular formula is C25H30ClN7OS. The van der Waals surface area contributed by atoms with Gasteiger partial charge in [-0.1, -0.05) is 23.7 Å². The summed E-state index contributed by atoms with van der Waals surface area (Å²) in [5.74, 6) is 1.44. The number of halogens is 1. The lowest BCUT2D eigenvalue weighted by molar-refractivity contribution is -0.122. The van der Waals surface area contributed by atoms with Gasteiger partial charge in [-0.05, 0) is 45.5 Å². The van der Waals surface area contributed by atoms with Crippen molar-refractivity contribution in [2.24, 2.45) is 4.99 Å². The van der Waals surface area contributed by atoms with Gasteiger partial charge in [0.2, 0.25) is 5.91 Å². The second-order valence-electron chi connectivity index (χ2n) is 9.29. The van der Waals surface area contributed by atoms with E-state index in [9.17, 15) is 4.79 Å². The Bertz CT molecular complexity index is 1270. The minimum atomic E-state index is -0.450. The number of thiophene rings is 1. The van der Waals surface area contributed by atoms with Crippen LogP contribution in [0.2, 0.25) is 5.02 Å². The van der Waals surface area contributed by atoms with Gasteiger partial charge in [-0.3, -0.25) is 19.3 Å². The number of aromatic nitrogens is 3. The van der Waals surface area contributed by atoms with Crippen LogP contribution in [0, 0.1) is 20.8 Å². The fraction of sp³-hybridized carbons (Fsp3) is 0.440. The molecule has 1 amide bonds. The highest BCUT2D eigenvalue weighted by Gasteiger charge is 2.32. The SMILES string of the molecule is Cc1sc2c(c1C)C(c1ccc(Cl)cc1)=NC(CC(=O)NCN1CCN(C)CC1)c1nnc(C)n1-2. The lowest BCUT2D eigenvalue weighted by Gasteiger charge is -2.32. The summed E-state index contributed by atoms with van der Waals surface area (Å²) in [4.78, 5) is 24.0. The molecule has 2 aromatic heterocycles. The van der Waals surface area contributed by atoms with Crippen molar-refractivity contribution in [2.45, 2.75) is 33.2 Å². The molecule has 0 aliphatic carbocycles.